The van der Waals surface area contributed by atoms with Crippen LogP contribution in [0.2, 0.25) is 0 Å². The number of aliphatic hydroxyl groups is 5. The Balaban J connectivity index is 2.00. The highest BCUT2D eigenvalue weighted by Gasteiger charge is 2.44. The maximum atomic E-state index is 13.1. The van der Waals surface area contributed by atoms with Crippen molar-refractivity contribution in [2.45, 2.75) is 378 Å². The van der Waals surface area contributed by atoms with Gasteiger partial charge in [0.1, 0.15) is 24.4 Å². The van der Waals surface area contributed by atoms with Gasteiger partial charge in [-0.15, -0.1) is 0 Å². The van der Waals surface area contributed by atoms with E-state index >= 15 is 0 Å². The van der Waals surface area contributed by atoms with E-state index in [-0.39, 0.29) is 18.5 Å². The van der Waals surface area contributed by atoms with Gasteiger partial charge in [-0.25, -0.2) is 0 Å². The molecule has 0 bridgehead atoms. The van der Waals surface area contributed by atoms with Crippen LogP contribution in [0.3, 0.4) is 0 Å². The van der Waals surface area contributed by atoms with E-state index in [1.807, 2.05) is 6.08 Å². The van der Waals surface area contributed by atoms with E-state index in [0.29, 0.717) is 19.4 Å². The van der Waals surface area contributed by atoms with Gasteiger partial charge in [-0.05, 0) is 103 Å². The van der Waals surface area contributed by atoms with Gasteiger partial charge < -0.3 is 45.1 Å². The molecule has 0 spiro atoms. The molecule has 7 atom stereocenters. The molecule has 11 nitrogen and oxygen atoms in total. The van der Waals surface area contributed by atoms with Crippen molar-refractivity contribution < 1.29 is 49.3 Å². The maximum Gasteiger partial charge on any atom is 0.305 e. The minimum Gasteiger partial charge on any atom is -0.466 e. The van der Waals surface area contributed by atoms with E-state index in [4.69, 9.17) is 14.2 Å². The number of hydrogen-bond acceptors (Lipinski definition) is 10. The molecule has 11 heteroatoms. The highest BCUT2D eigenvalue weighted by atomic mass is 16.7. The third kappa shape index (κ3) is 53.5. The molecule has 7 unspecified atom stereocenters. The van der Waals surface area contributed by atoms with Crippen molar-refractivity contribution in [3.05, 3.63) is 72.9 Å². The number of carbonyl (C=O) groups is 2. The van der Waals surface area contributed by atoms with Crippen molar-refractivity contribution in [1.82, 2.24) is 5.32 Å². The average molecular weight is 1220 g/mol. The molecule has 87 heavy (non-hydrogen) atoms. The lowest BCUT2D eigenvalue weighted by molar-refractivity contribution is -0.302. The van der Waals surface area contributed by atoms with Gasteiger partial charge in [0.15, 0.2) is 6.29 Å². The number of allylic oxidation sites excluding steroid dienone is 11. The Morgan fingerprint density at radius 2 is 0.805 bits per heavy atom. The van der Waals surface area contributed by atoms with Crippen LogP contribution in [-0.2, 0) is 23.8 Å². The Morgan fingerprint density at radius 1 is 0.425 bits per heavy atom. The number of rotatable bonds is 64. The quantitative estimate of drug-likeness (QED) is 0.0195. The van der Waals surface area contributed by atoms with Crippen molar-refractivity contribution in [3.8, 4) is 0 Å². The fraction of sp³-hybridized carbons (Fsp3) is 0.816. The zero-order valence-corrected chi connectivity index (χ0v) is 56.2. The lowest BCUT2D eigenvalue weighted by Crippen LogP contribution is -2.60. The largest absolute Gasteiger partial charge is 0.466 e. The van der Waals surface area contributed by atoms with Crippen molar-refractivity contribution in [3.63, 3.8) is 0 Å². The van der Waals surface area contributed by atoms with Crippen LogP contribution in [-0.4, -0.2) is 100 Å². The van der Waals surface area contributed by atoms with E-state index in [0.717, 1.165) is 70.6 Å². The van der Waals surface area contributed by atoms with E-state index in [9.17, 15) is 35.1 Å². The first kappa shape index (κ1) is 82.1. The normalized spacial score (nSPS) is 18.3. The second-order valence-electron chi connectivity index (χ2n) is 25.3. The lowest BCUT2D eigenvalue weighted by atomic mass is 9.99. The molecule has 1 amide bonds. The SMILES string of the molecule is CCC/C=C\C/C=C\CCCCCCCC(=O)OCCCCCCCCCCC/C=C\C/C=C\CCCCCCCCCCCCCCCCCC(=O)NC(COC1OC(CO)C(O)C(O)C1O)C(O)/C=C/CC/C=C/CCCCCCCCCCC. The molecular weight excluding hydrogens is 1090 g/mol. The third-order valence-electron chi connectivity index (χ3n) is 17.0. The fourth-order valence-electron chi connectivity index (χ4n) is 11.2. The summed E-state index contributed by atoms with van der Waals surface area (Å²) < 4.78 is 16.7. The molecular formula is C76H137NO10. The van der Waals surface area contributed by atoms with Crippen LogP contribution in [0.1, 0.15) is 335 Å². The monoisotopic (exact) mass is 1220 g/mol. The summed E-state index contributed by atoms with van der Waals surface area (Å²) in [5, 5.41) is 54.6. The van der Waals surface area contributed by atoms with Gasteiger partial charge in [0.2, 0.25) is 5.91 Å². The van der Waals surface area contributed by atoms with Gasteiger partial charge in [-0.3, -0.25) is 9.59 Å². The van der Waals surface area contributed by atoms with Gasteiger partial charge in [0.05, 0.1) is 32.0 Å². The van der Waals surface area contributed by atoms with Crippen LogP contribution < -0.4 is 5.32 Å². The number of esters is 1. The Morgan fingerprint density at radius 3 is 1.25 bits per heavy atom. The Hall–Kier alpha value is -2.90. The van der Waals surface area contributed by atoms with Crippen molar-refractivity contribution in [2.24, 2.45) is 0 Å². The van der Waals surface area contributed by atoms with Gasteiger partial charge in [-0.2, -0.15) is 0 Å². The summed E-state index contributed by atoms with van der Waals surface area (Å²) in [5.41, 5.74) is 0. The number of unbranched alkanes of at least 4 members (excludes halogenated alkanes) is 40. The summed E-state index contributed by atoms with van der Waals surface area (Å²) in [7, 11) is 0. The summed E-state index contributed by atoms with van der Waals surface area (Å²) in [4.78, 5) is 25.1. The Kier molecular flexibility index (Phi) is 61.0. The summed E-state index contributed by atoms with van der Waals surface area (Å²) in [6.07, 6.45) is 77.5. The molecule has 0 aromatic rings. The van der Waals surface area contributed by atoms with Crippen molar-refractivity contribution >= 4 is 11.9 Å². The highest BCUT2D eigenvalue weighted by molar-refractivity contribution is 5.76. The Bertz CT molecular complexity index is 1680. The summed E-state index contributed by atoms with van der Waals surface area (Å²) in [6.45, 7) is 4.28. The van der Waals surface area contributed by atoms with E-state index in [2.05, 4.69) is 79.9 Å². The van der Waals surface area contributed by atoms with Crippen LogP contribution in [0, 0.1) is 0 Å². The molecule has 1 aliphatic rings. The van der Waals surface area contributed by atoms with Gasteiger partial charge >= 0.3 is 5.97 Å². The second-order valence-corrected chi connectivity index (χ2v) is 25.3. The van der Waals surface area contributed by atoms with Crippen LogP contribution in [0.4, 0.5) is 0 Å². The maximum absolute atomic E-state index is 13.1. The first-order valence-corrected chi connectivity index (χ1v) is 36.7. The van der Waals surface area contributed by atoms with E-state index in [1.165, 1.54) is 238 Å². The molecule has 1 aliphatic heterocycles. The predicted octanol–water partition coefficient (Wildman–Crippen LogP) is 19.1. The van der Waals surface area contributed by atoms with Crippen molar-refractivity contribution in [2.75, 3.05) is 19.8 Å². The van der Waals surface area contributed by atoms with E-state index < -0.39 is 49.5 Å². The third-order valence-corrected chi connectivity index (χ3v) is 17.0. The minimum atomic E-state index is -1.58. The van der Waals surface area contributed by atoms with Gasteiger partial charge in [-0.1, -0.05) is 292 Å². The molecule has 1 rings (SSSR count). The summed E-state index contributed by atoms with van der Waals surface area (Å²) >= 11 is 0. The molecule has 1 saturated heterocycles. The minimum absolute atomic E-state index is 0.0108. The Labute approximate surface area is 534 Å². The lowest BCUT2D eigenvalue weighted by Gasteiger charge is -2.40. The molecule has 0 saturated carbocycles. The summed E-state index contributed by atoms with van der Waals surface area (Å²) in [5.74, 6) is -0.201. The first-order valence-electron chi connectivity index (χ1n) is 36.7. The fourth-order valence-corrected chi connectivity index (χ4v) is 11.2. The van der Waals surface area contributed by atoms with Gasteiger partial charge in [0.25, 0.3) is 0 Å². The number of amides is 1. The van der Waals surface area contributed by atoms with E-state index in [1.54, 1.807) is 6.08 Å². The van der Waals surface area contributed by atoms with Crippen LogP contribution in [0.15, 0.2) is 72.9 Å². The molecule has 6 N–H and O–H groups in total. The summed E-state index contributed by atoms with van der Waals surface area (Å²) in [6, 6.07) is -0.829. The molecule has 506 valence electrons. The topological polar surface area (TPSA) is 175 Å². The molecule has 0 aromatic carbocycles. The zero-order valence-electron chi connectivity index (χ0n) is 56.2. The number of hydrogen-bond donors (Lipinski definition) is 6. The standard InChI is InChI=1S/C76H137NO10/c1-3-5-7-9-11-13-15-17-35-39-42-46-50-54-58-62-69(79)68(67-86-76-75(84)74(83)73(82)70(66-78)87-76)77-71(80)63-59-55-51-47-43-40-36-33-31-29-27-25-23-21-19-18-20-22-24-26-28-30-32-34-37-41-45-49-53-57-61-65-85-72(81)64-60-56-52-48-44-38-16-14-12-10-8-6-4-2/h8,10,14,16,20,22,26,28,42,46,58,62,68-70,73-76,78-79,82-84H,3-7,9,11-13,15,17-19,21,23-25,27,29-41,43-45,47-57,59-61,63-67H2,1-2H3,(H,77,80)/b10-8-,16-14-,22-20-,28-26-,46-42+,62-58+. The van der Waals surface area contributed by atoms with Crippen LogP contribution in [0.25, 0.3) is 0 Å². The molecule has 1 fully saturated rings. The molecule has 0 radical (unpaired) electrons. The number of aliphatic hydroxyl groups excluding tert-OH is 5. The molecule has 0 aliphatic carbocycles. The first-order chi connectivity index (χ1) is 42.7. The smallest absolute Gasteiger partial charge is 0.305 e. The molecule has 1 heterocycles. The second kappa shape index (κ2) is 64.6. The number of ether oxygens (including phenoxy) is 3. The van der Waals surface area contributed by atoms with Crippen LogP contribution >= 0.6 is 0 Å². The predicted molar refractivity (Wildman–Crippen MR) is 366 cm³/mol. The highest BCUT2D eigenvalue weighted by Crippen LogP contribution is 2.23. The van der Waals surface area contributed by atoms with Crippen LogP contribution in [0.5, 0.6) is 0 Å². The average Bonchev–Trinajstić information content (AvgIpc) is 2.91. The zero-order chi connectivity index (χ0) is 63.0. The number of carbonyl (C=O) groups excluding carboxylic acids is 2. The van der Waals surface area contributed by atoms with Crippen molar-refractivity contribution in [1.29, 1.82) is 0 Å². The van der Waals surface area contributed by atoms with Gasteiger partial charge in [0, 0.05) is 12.8 Å². The molecule has 0 aromatic heterocycles. The number of nitrogens with one attached hydrogen (secondary N) is 1.